The maximum Gasteiger partial charge on any atom is 0.106 e. The fourth-order valence-electron chi connectivity index (χ4n) is 1.04. The molecule has 1 aromatic carbocycles. The Balaban J connectivity index is 0.000000671. The van der Waals surface area contributed by atoms with Crippen LogP contribution < -0.4 is 0 Å². The maximum absolute atomic E-state index is 9.99. The molecule has 0 saturated heterocycles. The van der Waals surface area contributed by atoms with E-state index in [4.69, 9.17) is 0 Å². The van der Waals surface area contributed by atoms with E-state index in [9.17, 15) is 4.91 Å². The van der Waals surface area contributed by atoms with E-state index in [1.54, 1.807) is 0 Å². The van der Waals surface area contributed by atoms with Crippen LogP contribution in [0.5, 0.6) is 0 Å². The summed E-state index contributed by atoms with van der Waals surface area (Å²) in [4.78, 5) is 9.99. The number of aryl methyl sites for hydroxylation is 2. The maximum atomic E-state index is 9.99. The zero-order valence-corrected chi connectivity index (χ0v) is 8.79. The van der Waals surface area contributed by atoms with Gasteiger partial charge in [-0.2, -0.15) is 4.91 Å². The predicted octanol–water partition coefficient (Wildman–Crippen LogP) is 3.60. The molecule has 0 aromatic heterocycles. The Hall–Kier alpha value is -1.18. The van der Waals surface area contributed by atoms with Crippen LogP contribution in [0.3, 0.4) is 0 Å². The fraction of sp³-hybridized carbons (Fsp3) is 0.455. The average Bonchev–Trinajstić information content (AvgIpc) is 2.15. The number of hydrogen-bond donors (Lipinski definition) is 0. The van der Waals surface area contributed by atoms with Crippen LogP contribution in [0.25, 0.3) is 0 Å². The molecule has 13 heavy (non-hydrogen) atoms. The van der Waals surface area contributed by atoms with Crippen LogP contribution in [0.2, 0.25) is 0 Å². The third-order valence-corrected chi connectivity index (χ3v) is 1.74. The van der Waals surface area contributed by atoms with Gasteiger partial charge < -0.3 is 0 Å². The molecule has 72 valence electrons. The summed E-state index contributed by atoms with van der Waals surface area (Å²) in [5, 5.41) is 2.86. The third-order valence-electron chi connectivity index (χ3n) is 1.74. The Labute approximate surface area is 80.0 Å². The SMILES string of the molecule is CC.Cc1ccc(C)c(CN=O)c1. The van der Waals surface area contributed by atoms with Crippen molar-refractivity contribution in [2.75, 3.05) is 0 Å². The highest BCUT2D eigenvalue weighted by molar-refractivity contribution is 5.30. The summed E-state index contributed by atoms with van der Waals surface area (Å²) in [6.45, 7) is 8.28. The molecule has 0 heterocycles. The van der Waals surface area contributed by atoms with Gasteiger partial charge in [0.15, 0.2) is 0 Å². The molecule has 0 atom stereocenters. The smallest absolute Gasteiger partial charge is 0.106 e. The summed E-state index contributed by atoms with van der Waals surface area (Å²) >= 11 is 0. The predicted molar refractivity (Wildman–Crippen MR) is 56.8 cm³/mol. The van der Waals surface area contributed by atoms with E-state index < -0.39 is 0 Å². The Bertz CT molecular complexity index is 269. The van der Waals surface area contributed by atoms with Crippen molar-refractivity contribution in [1.29, 1.82) is 0 Å². The van der Waals surface area contributed by atoms with Gasteiger partial charge >= 0.3 is 0 Å². The first-order chi connectivity index (χ1) is 6.24. The molecule has 1 aromatic rings. The van der Waals surface area contributed by atoms with Crippen molar-refractivity contribution in [2.24, 2.45) is 5.18 Å². The minimum atomic E-state index is 0.285. The van der Waals surface area contributed by atoms with Gasteiger partial charge in [-0.25, -0.2) is 0 Å². The number of benzene rings is 1. The lowest BCUT2D eigenvalue weighted by molar-refractivity contribution is 1.03. The second-order valence-corrected chi connectivity index (χ2v) is 2.72. The van der Waals surface area contributed by atoms with E-state index in [0.29, 0.717) is 0 Å². The fourth-order valence-corrected chi connectivity index (χ4v) is 1.04. The highest BCUT2D eigenvalue weighted by Crippen LogP contribution is 2.11. The first-order valence-electron chi connectivity index (χ1n) is 4.59. The van der Waals surface area contributed by atoms with Crippen LogP contribution in [-0.4, -0.2) is 0 Å². The second kappa shape index (κ2) is 6.35. The summed E-state index contributed by atoms with van der Waals surface area (Å²) in [5.41, 5.74) is 3.34. The van der Waals surface area contributed by atoms with E-state index >= 15 is 0 Å². The van der Waals surface area contributed by atoms with E-state index in [0.717, 1.165) is 11.1 Å². The molecular formula is C11H17NO. The van der Waals surface area contributed by atoms with Gasteiger partial charge in [0.2, 0.25) is 0 Å². The summed E-state index contributed by atoms with van der Waals surface area (Å²) in [7, 11) is 0. The summed E-state index contributed by atoms with van der Waals surface area (Å²) < 4.78 is 0. The van der Waals surface area contributed by atoms with Gasteiger partial charge in [-0.15, -0.1) is 0 Å². The molecule has 2 heteroatoms. The number of rotatable bonds is 2. The van der Waals surface area contributed by atoms with Crippen LogP contribution in [0.4, 0.5) is 0 Å². The van der Waals surface area contributed by atoms with E-state index in [-0.39, 0.29) is 6.54 Å². The normalized spacial score (nSPS) is 8.62. The monoisotopic (exact) mass is 179 g/mol. The first-order valence-corrected chi connectivity index (χ1v) is 4.59. The van der Waals surface area contributed by atoms with Crippen molar-refractivity contribution in [3.63, 3.8) is 0 Å². The molecule has 0 spiro atoms. The van der Waals surface area contributed by atoms with Gasteiger partial charge in [-0.1, -0.05) is 42.8 Å². The Morgan fingerprint density at radius 1 is 1.23 bits per heavy atom. The highest BCUT2D eigenvalue weighted by Gasteiger charge is 1.96. The number of hydrogen-bond acceptors (Lipinski definition) is 2. The van der Waals surface area contributed by atoms with Crippen LogP contribution in [0.15, 0.2) is 23.4 Å². The molecule has 0 saturated carbocycles. The third kappa shape index (κ3) is 3.83. The van der Waals surface area contributed by atoms with E-state index in [1.807, 2.05) is 45.9 Å². The lowest BCUT2D eigenvalue weighted by Crippen LogP contribution is -1.87. The van der Waals surface area contributed by atoms with E-state index in [2.05, 4.69) is 5.18 Å². The van der Waals surface area contributed by atoms with Gasteiger partial charge in [0.05, 0.1) is 0 Å². The quantitative estimate of drug-likeness (QED) is 0.638. The zero-order chi connectivity index (χ0) is 10.3. The van der Waals surface area contributed by atoms with Gasteiger partial charge in [0, 0.05) is 0 Å². The van der Waals surface area contributed by atoms with Gasteiger partial charge in [0.25, 0.3) is 0 Å². The van der Waals surface area contributed by atoms with Crippen molar-refractivity contribution in [3.8, 4) is 0 Å². The summed E-state index contributed by atoms with van der Waals surface area (Å²) in [5.74, 6) is 0. The zero-order valence-electron chi connectivity index (χ0n) is 8.79. The minimum Gasteiger partial charge on any atom is -0.150 e. The van der Waals surface area contributed by atoms with E-state index in [1.165, 1.54) is 5.56 Å². The minimum absolute atomic E-state index is 0.285. The summed E-state index contributed by atoms with van der Waals surface area (Å²) in [6, 6.07) is 6.04. The molecule has 0 unspecified atom stereocenters. The molecule has 1 rings (SSSR count). The molecule has 0 amide bonds. The van der Waals surface area contributed by atoms with Crippen molar-refractivity contribution in [1.82, 2.24) is 0 Å². The van der Waals surface area contributed by atoms with Crippen molar-refractivity contribution in [2.45, 2.75) is 34.2 Å². The topological polar surface area (TPSA) is 29.4 Å². The highest BCUT2D eigenvalue weighted by atomic mass is 16.3. The van der Waals surface area contributed by atoms with Crippen molar-refractivity contribution in [3.05, 3.63) is 39.8 Å². The number of nitroso groups, excluding NO2 is 1. The van der Waals surface area contributed by atoms with Crippen LogP contribution in [0, 0.1) is 18.8 Å². The molecule has 0 aliphatic rings. The van der Waals surface area contributed by atoms with Gasteiger partial charge in [-0.05, 0) is 25.0 Å². The molecule has 0 fully saturated rings. The molecule has 0 radical (unpaired) electrons. The van der Waals surface area contributed by atoms with Crippen molar-refractivity contribution >= 4 is 0 Å². The standard InChI is InChI=1S/C9H11NO.C2H6/c1-7-3-4-8(2)9(5-7)6-10-11;1-2/h3-5H,6H2,1-2H3;1-2H3. The van der Waals surface area contributed by atoms with Crippen LogP contribution in [-0.2, 0) is 6.54 Å². The average molecular weight is 179 g/mol. The van der Waals surface area contributed by atoms with Gasteiger partial charge in [-0.3, -0.25) is 0 Å². The first kappa shape index (κ1) is 11.8. The lowest BCUT2D eigenvalue weighted by atomic mass is 10.1. The number of nitrogens with zero attached hydrogens (tertiary/aromatic N) is 1. The molecule has 0 N–H and O–H groups in total. The molecule has 0 bridgehead atoms. The van der Waals surface area contributed by atoms with Crippen LogP contribution in [0.1, 0.15) is 30.5 Å². The molecular weight excluding hydrogens is 162 g/mol. The Kier molecular flexibility index (Phi) is 5.77. The Morgan fingerprint density at radius 2 is 1.85 bits per heavy atom. The van der Waals surface area contributed by atoms with Crippen molar-refractivity contribution < 1.29 is 0 Å². The molecule has 0 aliphatic heterocycles. The largest absolute Gasteiger partial charge is 0.150 e. The second-order valence-electron chi connectivity index (χ2n) is 2.72. The van der Waals surface area contributed by atoms with Crippen LogP contribution >= 0.6 is 0 Å². The molecule has 2 nitrogen and oxygen atoms in total. The Morgan fingerprint density at radius 3 is 2.38 bits per heavy atom. The summed E-state index contributed by atoms with van der Waals surface area (Å²) in [6.07, 6.45) is 0. The molecule has 0 aliphatic carbocycles. The lowest BCUT2D eigenvalue weighted by Gasteiger charge is -2.01. The van der Waals surface area contributed by atoms with Gasteiger partial charge in [0.1, 0.15) is 6.54 Å².